The SMILES string of the molecule is CC#Cc1ccc(C(=O)NC2CC3(C2)CC(C(=O)O)C3)c2c1cnn2C(C)c1ncc(C2CC2)cn1. The topological polar surface area (TPSA) is 110 Å². The van der Waals surface area contributed by atoms with Gasteiger partial charge in [0.2, 0.25) is 0 Å². The number of carbonyl (C=O) groups is 2. The molecule has 0 saturated heterocycles. The van der Waals surface area contributed by atoms with Gasteiger partial charge in [-0.1, -0.05) is 5.92 Å². The number of rotatable bonds is 6. The van der Waals surface area contributed by atoms with Crippen LogP contribution in [-0.4, -0.2) is 42.8 Å². The maximum absolute atomic E-state index is 13.4. The normalized spacial score (nSPS) is 25.4. The average Bonchev–Trinajstić information content (AvgIpc) is 3.57. The summed E-state index contributed by atoms with van der Waals surface area (Å²) in [7, 11) is 0. The number of fused-ring (bicyclic) bond motifs is 1. The molecule has 1 spiro atoms. The molecule has 1 unspecified atom stereocenters. The third kappa shape index (κ3) is 3.83. The van der Waals surface area contributed by atoms with E-state index in [-0.39, 0.29) is 29.3 Å². The first-order chi connectivity index (χ1) is 17.4. The molecule has 2 heterocycles. The summed E-state index contributed by atoms with van der Waals surface area (Å²) < 4.78 is 1.82. The van der Waals surface area contributed by atoms with Crippen LogP contribution in [-0.2, 0) is 4.79 Å². The Labute approximate surface area is 209 Å². The molecule has 2 aromatic heterocycles. The Kier molecular flexibility index (Phi) is 5.32. The highest BCUT2D eigenvalue weighted by Gasteiger charge is 2.55. The number of nitrogens with zero attached hydrogens (tertiary/aromatic N) is 4. The molecule has 6 rings (SSSR count). The van der Waals surface area contributed by atoms with Crippen molar-refractivity contribution in [3.05, 3.63) is 53.2 Å². The summed E-state index contributed by atoms with van der Waals surface area (Å²) in [6.07, 6.45) is 11.1. The summed E-state index contributed by atoms with van der Waals surface area (Å²) in [6.45, 7) is 3.78. The van der Waals surface area contributed by atoms with Gasteiger partial charge in [0.05, 0.1) is 23.2 Å². The Morgan fingerprint density at radius 1 is 1.14 bits per heavy atom. The Morgan fingerprint density at radius 3 is 2.50 bits per heavy atom. The fraction of sp³-hybridized carbons (Fsp3) is 0.464. The van der Waals surface area contributed by atoms with Crippen LogP contribution < -0.4 is 5.32 Å². The molecule has 8 nitrogen and oxygen atoms in total. The molecule has 1 amide bonds. The summed E-state index contributed by atoms with van der Waals surface area (Å²) in [6, 6.07) is 3.49. The van der Waals surface area contributed by atoms with Gasteiger partial charge in [-0.05, 0) is 81.4 Å². The number of hydrogen-bond donors (Lipinski definition) is 2. The van der Waals surface area contributed by atoms with Gasteiger partial charge < -0.3 is 10.4 Å². The predicted molar refractivity (Wildman–Crippen MR) is 133 cm³/mol. The molecular weight excluding hydrogens is 454 g/mol. The highest BCUT2D eigenvalue weighted by atomic mass is 16.4. The van der Waals surface area contributed by atoms with E-state index in [0.717, 1.165) is 29.3 Å². The minimum Gasteiger partial charge on any atom is -0.481 e. The summed E-state index contributed by atoms with van der Waals surface area (Å²) >= 11 is 0. The van der Waals surface area contributed by atoms with Gasteiger partial charge in [0, 0.05) is 29.4 Å². The van der Waals surface area contributed by atoms with Crippen molar-refractivity contribution in [1.29, 1.82) is 0 Å². The van der Waals surface area contributed by atoms with E-state index in [2.05, 4.69) is 32.2 Å². The lowest BCUT2D eigenvalue weighted by atomic mass is 9.50. The first-order valence-corrected chi connectivity index (χ1v) is 12.7. The van der Waals surface area contributed by atoms with Crippen molar-refractivity contribution >= 4 is 22.8 Å². The molecule has 1 aromatic carbocycles. The fourth-order valence-electron chi connectivity index (χ4n) is 6.03. The second-order valence-corrected chi connectivity index (χ2v) is 10.7. The molecule has 1 atom stereocenters. The van der Waals surface area contributed by atoms with Crippen LogP contribution >= 0.6 is 0 Å². The zero-order chi connectivity index (χ0) is 25.0. The Morgan fingerprint density at radius 2 is 1.86 bits per heavy atom. The third-order valence-corrected chi connectivity index (χ3v) is 8.14. The van der Waals surface area contributed by atoms with Crippen LogP contribution in [0.5, 0.6) is 0 Å². The molecule has 3 aromatic rings. The fourth-order valence-corrected chi connectivity index (χ4v) is 6.03. The van der Waals surface area contributed by atoms with E-state index >= 15 is 0 Å². The monoisotopic (exact) mass is 483 g/mol. The molecule has 0 aliphatic heterocycles. The summed E-state index contributed by atoms with van der Waals surface area (Å²) in [5.41, 5.74) is 3.36. The standard InChI is InChI=1S/C28H29N5O3/c1-3-4-18-7-8-22(26(34)32-21-11-28(12-21)9-19(10-28)27(35)36)24-23(18)15-31-33(24)16(2)25-29-13-20(14-30-25)17-5-6-17/h7-8,13-17,19,21H,5-6,9-12H2,1-2H3,(H,32,34)(H,35,36). The number of benzene rings is 1. The number of amides is 1. The van der Waals surface area contributed by atoms with Crippen LogP contribution in [0.2, 0.25) is 0 Å². The van der Waals surface area contributed by atoms with E-state index in [1.165, 1.54) is 18.4 Å². The first kappa shape index (κ1) is 22.7. The van der Waals surface area contributed by atoms with E-state index in [1.54, 1.807) is 13.1 Å². The Balaban J connectivity index is 1.27. The average molecular weight is 484 g/mol. The van der Waals surface area contributed by atoms with Gasteiger partial charge in [-0.15, -0.1) is 5.92 Å². The molecule has 3 aliphatic carbocycles. The van der Waals surface area contributed by atoms with Crippen molar-refractivity contribution in [2.24, 2.45) is 11.3 Å². The molecule has 3 aliphatic rings. The highest BCUT2D eigenvalue weighted by Crippen LogP contribution is 2.58. The van der Waals surface area contributed by atoms with Crippen molar-refractivity contribution in [1.82, 2.24) is 25.1 Å². The van der Waals surface area contributed by atoms with Crippen LogP contribution in [0.15, 0.2) is 30.7 Å². The van der Waals surface area contributed by atoms with Crippen LogP contribution in [0.25, 0.3) is 10.9 Å². The lowest BCUT2D eigenvalue weighted by Crippen LogP contribution is -2.57. The van der Waals surface area contributed by atoms with Gasteiger partial charge >= 0.3 is 5.97 Å². The van der Waals surface area contributed by atoms with E-state index in [1.807, 2.05) is 36.1 Å². The van der Waals surface area contributed by atoms with Crippen LogP contribution in [0.1, 0.15) is 91.6 Å². The lowest BCUT2D eigenvalue weighted by Gasteiger charge is -2.56. The van der Waals surface area contributed by atoms with E-state index < -0.39 is 5.97 Å². The smallest absolute Gasteiger partial charge is 0.306 e. The molecule has 36 heavy (non-hydrogen) atoms. The maximum Gasteiger partial charge on any atom is 0.306 e. The number of hydrogen-bond acceptors (Lipinski definition) is 5. The summed E-state index contributed by atoms with van der Waals surface area (Å²) in [5, 5.41) is 17.8. The van der Waals surface area contributed by atoms with E-state index in [0.29, 0.717) is 30.1 Å². The highest BCUT2D eigenvalue weighted by molar-refractivity contribution is 6.07. The largest absolute Gasteiger partial charge is 0.481 e. The van der Waals surface area contributed by atoms with Gasteiger partial charge in [-0.25, -0.2) is 9.97 Å². The van der Waals surface area contributed by atoms with Crippen molar-refractivity contribution in [2.45, 2.75) is 70.4 Å². The summed E-state index contributed by atoms with van der Waals surface area (Å²) in [4.78, 5) is 33.8. The minimum atomic E-state index is -0.709. The van der Waals surface area contributed by atoms with Gasteiger partial charge in [0.1, 0.15) is 6.04 Å². The molecule has 2 N–H and O–H groups in total. The number of nitrogens with one attached hydrogen (secondary N) is 1. The van der Waals surface area contributed by atoms with Crippen molar-refractivity contribution in [3.63, 3.8) is 0 Å². The zero-order valence-electron chi connectivity index (χ0n) is 20.5. The van der Waals surface area contributed by atoms with Crippen LogP contribution in [0.3, 0.4) is 0 Å². The summed E-state index contributed by atoms with van der Waals surface area (Å²) in [5.74, 6) is 6.22. The molecule has 184 valence electrons. The minimum absolute atomic E-state index is 0.0597. The quantitative estimate of drug-likeness (QED) is 0.512. The number of aliphatic carboxylic acids is 1. The van der Waals surface area contributed by atoms with Crippen molar-refractivity contribution in [2.75, 3.05) is 0 Å². The van der Waals surface area contributed by atoms with Crippen LogP contribution in [0, 0.1) is 23.2 Å². The van der Waals surface area contributed by atoms with E-state index in [9.17, 15) is 14.7 Å². The Bertz CT molecular complexity index is 1410. The molecule has 0 bridgehead atoms. The molecular formula is C28H29N5O3. The number of carboxylic acid groups (broad SMARTS) is 1. The van der Waals surface area contributed by atoms with Crippen LogP contribution in [0.4, 0.5) is 0 Å². The molecule has 8 heteroatoms. The Hall–Kier alpha value is -3.73. The van der Waals surface area contributed by atoms with Crippen molar-refractivity contribution in [3.8, 4) is 11.8 Å². The number of carboxylic acids is 1. The first-order valence-electron chi connectivity index (χ1n) is 12.7. The van der Waals surface area contributed by atoms with Gasteiger partial charge in [0.25, 0.3) is 5.91 Å². The van der Waals surface area contributed by atoms with Crippen molar-refractivity contribution < 1.29 is 14.7 Å². The van der Waals surface area contributed by atoms with E-state index in [4.69, 9.17) is 0 Å². The number of carbonyl (C=O) groups excluding carboxylic acids is 1. The third-order valence-electron chi connectivity index (χ3n) is 8.14. The lowest BCUT2D eigenvalue weighted by molar-refractivity contribution is -0.155. The second-order valence-electron chi connectivity index (χ2n) is 10.7. The van der Waals surface area contributed by atoms with Gasteiger partial charge in [-0.2, -0.15) is 5.10 Å². The molecule has 3 saturated carbocycles. The van der Waals surface area contributed by atoms with Gasteiger partial charge in [0.15, 0.2) is 5.82 Å². The molecule has 0 radical (unpaired) electrons. The van der Waals surface area contributed by atoms with Gasteiger partial charge in [-0.3, -0.25) is 14.3 Å². The number of aromatic nitrogens is 4. The second kappa shape index (κ2) is 8.44. The maximum atomic E-state index is 13.4. The predicted octanol–water partition coefficient (Wildman–Crippen LogP) is 4.06. The zero-order valence-corrected chi connectivity index (χ0v) is 20.5. The molecule has 3 fully saturated rings.